The number of aliphatic hydroxyl groups is 1. The molecule has 0 aromatic carbocycles. The topological polar surface area (TPSA) is 148 Å². The van der Waals surface area contributed by atoms with Gasteiger partial charge in [-0.15, -0.1) is 0 Å². The van der Waals surface area contributed by atoms with E-state index in [4.69, 9.17) is 67.3 Å². The van der Waals surface area contributed by atoms with Crippen molar-refractivity contribution in [2.75, 3.05) is 6.61 Å². The smallest absolute Gasteiger partial charge is 0.192 e. The molecule has 799 valence electrons. The Hall–Kier alpha value is 0.900. The van der Waals surface area contributed by atoms with Crippen LogP contribution < -0.4 is 0 Å². The summed E-state index contributed by atoms with van der Waals surface area (Å²) in [5, 5.41) is 8.50. The molecule has 0 aromatic rings. The second-order valence-electron chi connectivity index (χ2n) is 62.1. The van der Waals surface area contributed by atoms with E-state index in [1.54, 1.807) is 6.92 Å². The molecule has 21 fully saturated rings. The third-order valence-electron chi connectivity index (χ3n) is 47.5. The SMILES string of the molecule is C=C1C[C@@]2(C)C(CC[C@@H]2O[Si](C)(C)C(C)(C)C)C2[C@H]3OC(C)(C)O[C@@H]3C3CCCC[C@]3(C)[C@@H]12.CC1(C)O[C@@H]2C3C4CC[C@H](O[Si](C)(C)C(C)(C)C)[C@@]4(C)CC(=O)[C@@H]3[C@@]3(C)CCCCC3[C@H]2O1.CC1(C)O[C@@H]2C3C4CC[C@H](O[Si](C)(C)C(C)(C)C)[C@@]4(C)CC(C)(C)[C@@H]3[C@@]3(C)CCCCC3[C@H]2O1.CC1(C)O[C@@H]2C3C4CC[C@H](O[Si](C)(C)C(C)(C)C)[C@@]4(C)CC4(CC4)[C@@H]3[C@@]3(C)CCCCC3[C@H]2O1.CCO.[Cu].[Zn]. The maximum atomic E-state index is 14.2. The molecule has 139 heavy (non-hydrogen) atoms. The second kappa shape index (κ2) is 37.4. The Balaban J connectivity index is 0.000000138. The van der Waals surface area contributed by atoms with E-state index in [0.29, 0.717) is 135 Å². The molecule has 21 aliphatic rings. The van der Waals surface area contributed by atoms with Gasteiger partial charge in [0.2, 0.25) is 0 Å². The number of hydrogen-bond acceptors (Lipinski definition) is 14. The Morgan fingerprint density at radius 2 is 0.568 bits per heavy atom. The molecule has 20 heteroatoms. The fourth-order valence-electron chi connectivity index (χ4n) is 38.2. The number of allylic oxidation sites excluding steroid dienone is 1. The zero-order valence-electron chi connectivity index (χ0n) is 96.6. The molecule has 1 N–H and O–H groups in total. The van der Waals surface area contributed by atoms with Crippen LogP contribution >= 0.6 is 0 Å². The molecule has 14 nitrogen and oxygen atoms in total. The molecule has 21 rings (SSSR count). The Labute approximate surface area is 878 Å². The van der Waals surface area contributed by atoms with Gasteiger partial charge >= 0.3 is 0 Å². The number of carbonyl (C=O) groups excluding carboxylic acids is 1. The fraction of sp³-hybridized carbons (Fsp3) is 0.975. The zero-order valence-corrected chi connectivity index (χ0v) is 104. The number of fused-ring (bicyclic) bond motifs is 33. The van der Waals surface area contributed by atoms with Crippen molar-refractivity contribution < 1.29 is 102 Å². The first-order valence-electron chi connectivity index (χ1n) is 57.6. The molecule has 12 unspecified atom stereocenters. The normalized spacial score (nSPS) is 48.1. The zero-order chi connectivity index (χ0) is 101. The third-order valence-corrected chi connectivity index (χ3v) is 65.4. The van der Waals surface area contributed by atoms with Crippen LogP contribution in [-0.4, -0.2) is 147 Å². The van der Waals surface area contributed by atoms with Crippen molar-refractivity contribution >= 4 is 39.1 Å². The van der Waals surface area contributed by atoms with E-state index in [2.05, 4.69) is 260 Å². The van der Waals surface area contributed by atoms with Crippen LogP contribution in [0.25, 0.3) is 0 Å². The van der Waals surface area contributed by atoms with Crippen molar-refractivity contribution in [2.24, 2.45) is 149 Å². The van der Waals surface area contributed by atoms with E-state index in [1.165, 1.54) is 166 Å². The Bertz CT molecular complexity index is 4140. The largest absolute Gasteiger partial charge is 0.413 e. The second-order valence-corrected chi connectivity index (χ2v) is 81.2. The van der Waals surface area contributed by atoms with Crippen molar-refractivity contribution in [1.82, 2.24) is 0 Å². The summed E-state index contributed by atoms with van der Waals surface area (Å²) in [7, 11) is -7.40. The van der Waals surface area contributed by atoms with Crippen molar-refractivity contribution in [1.29, 1.82) is 0 Å². The number of rotatable bonds is 8. The van der Waals surface area contributed by atoms with Gasteiger partial charge in [-0.25, -0.2) is 0 Å². The van der Waals surface area contributed by atoms with Crippen molar-refractivity contribution in [3.05, 3.63) is 12.2 Å². The summed E-state index contributed by atoms with van der Waals surface area (Å²) in [6.45, 7) is 97.3. The molecule has 1 spiro atoms. The minimum atomic E-state index is -1.92. The average Bonchev–Trinajstić information content (AvgIpc) is 1.55. The summed E-state index contributed by atoms with van der Waals surface area (Å²) >= 11 is 0. The standard InChI is InChI=1S/C30H52O3Si.C30H54O3Si.C29H50O3Si.C28H48O4Si.C2H6O.Cu.Zn/c1-26(2,3)34(8,9)33-21-14-13-19-22-24-23(31-27(4,5)32-24)20-12-10-11-15-28(20,6)25(22)30(16-17-30)18-29(19,21)7;1-26(2,3)34(10,11)33-21-16-15-19-22-24-23(31-28(6,7)32-24)20-14-12-13-17-29(20,8)25(22)27(4,5)18-30(19,21)9;1-18-17-29(8)19(14-15-21(29)32-33(9,10)26(2,3)4)22-23(18)28(7)16-12-11-13-20(28)24-25(22)31-27(5,6)30-24;1-25(2,3)33(8,9)32-20-14-13-17-21-22(19(29)16-28(17,20)7)27(6)15-11-10-12-18(27)23-24(21)31-26(4,5)30-23;1-2-3;;/h19-25H,10-18H2,1-9H3;19-25H,12-18H2,1-11H3;19-25H,1,11-17H2,2-10H3;17-18,20-24H,10-16H2,1-9H3;3H,2H2,1H3;;/t19?,20?,21-,22?,23+,24+,25-,28-,29-;19?,20?,21-,22?,23+,24+,25+,29-,30-;19?,20?,21-,22?,23-,24+,25+,28-,29-;17?,18?,20-,21?,22-,23+,24+,27-,28-;;;/m0000.../s1. The number of aliphatic hydroxyl groups excluding tert-OH is 1. The Morgan fingerprint density at radius 1 is 0.317 bits per heavy atom. The van der Waals surface area contributed by atoms with Gasteiger partial charge in [0.25, 0.3) is 0 Å². The number of Topliss-reactive ketones (excluding diaryl/α,β-unsaturated/α-hetero) is 1. The Kier molecular flexibility index (Phi) is 30.6. The molecule has 4 saturated heterocycles. The Morgan fingerprint density at radius 3 is 0.892 bits per heavy atom. The van der Waals surface area contributed by atoms with Gasteiger partial charge in [-0.1, -0.05) is 216 Å². The molecule has 4 heterocycles. The summed E-state index contributed by atoms with van der Waals surface area (Å²) in [6.07, 6.45) is 41.2. The van der Waals surface area contributed by atoms with Gasteiger partial charge in [0.05, 0.1) is 73.2 Å². The van der Waals surface area contributed by atoms with Crippen molar-refractivity contribution in [3.8, 4) is 0 Å². The average molecular weight is 2110 g/mol. The third kappa shape index (κ3) is 18.8. The van der Waals surface area contributed by atoms with Crippen LogP contribution in [0.15, 0.2) is 12.2 Å². The molecular formula is C119H210CuO14Si4Zn. The number of ether oxygens (including phenoxy) is 8. The summed E-state index contributed by atoms with van der Waals surface area (Å²) in [5.74, 6) is 7.57. The van der Waals surface area contributed by atoms with Crippen LogP contribution in [0.1, 0.15) is 407 Å². The number of ketones is 1. The van der Waals surface area contributed by atoms with Crippen LogP contribution in [0.3, 0.4) is 0 Å². The van der Waals surface area contributed by atoms with Crippen LogP contribution in [0.5, 0.6) is 0 Å². The quantitative estimate of drug-likeness (QED) is 0.181. The van der Waals surface area contributed by atoms with Gasteiger partial charge < -0.3 is 60.7 Å². The summed E-state index contributed by atoms with van der Waals surface area (Å²) in [4.78, 5) is 14.2. The predicted octanol–water partition coefficient (Wildman–Crippen LogP) is 30.6. The van der Waals surface area contributed by atoms with Gasteiger partial charge in [-0.05, 0) is 401 Å². The number of carbonyl (C=O) groups is 1. The molecule has 0 aromatic heterocycles. The molecule has 0 bridgehead atoms. The maximum absolute atomic E-state index is 14.2. The van der Waals surface area contributed by atoms with Gasteiger partial charge in [0.15, 0.2) is 56.4 Å². The molecular weight excluding hydrogens is 1890 g/mol. The van der Waals surface area contributed by atoms with E-state index in [1.807, 2.05) is 0 Å². The van der Waals surface area contributed by atoms with E-state index in [0.717, 1.165) is 31.6 Å². The van der Waals surface area contributed by atoms with E-state index >= 15 is 0 Å². The fourth-order valence-corrected chi connectivity index (χ4v) is 44.0. The van der Waals surface area contributed by atoms with E-state index in [9.17, 15) is 4.79 Å². The maximum Gasteiger partial charge on any atom is 0.192 e. The first-order chi connectivity index (χ1) is 62.7. The monoisotopic (exact) mass is 2100 g/mol. The molecule has 17 aliphatic carbocycles. The minimum absolute atomic E-state index is 0. The van der Waals surface area contributed by atoms with Crippen molar-refractivity contribution in [3.63, 3.8) is 0 Å². The van der Waals surface area contributed by atoms with Crippen LogP contribution in [0, 0.1) is 149 Å². The van der Waals surface area contributed by atoms with Crippen LogP contribution in [0.2, 0.25) is 72.5 Å². The summed E-state index contributed by atoms with van der Waals surface area (Å²) in [6, 6.07) is 0. The van der Waals surface area contributed by atoms with Gasteiger partial charge in [-0.3, -0.25) is 4.79 Å². The first-order valence-corrected chi connectivity index (χ1v) is 69.3. The molecule has 36 atom stereocenters. The van der Waals surface area contributed by atoms with Crippen LogP contribution in [-0.2, 0) is 96.9 Å². The summed E-state index contributed by atoms with van der Waals surface area (Å²) < 4.78 is 83.1. The van der Waals surface area contributed by atoms with Crippen molar-refractivity contribution in [2.45, 2.75) is 576 Å². The molecule has 4 aliphatic heterocycles. The van der Waals surface area contributed by atoms with Gasteiger partial charge in [-0.2, -0.15) is 0 Å². The number of hydrogen-bond donors (Lipinski definition) is 1. The molecule has 1 radical (unpaired) electrons. The molecule has 0 amide bonds. The first kappa shape index (κ1) is 114. The predicted molar refractivity (Wildman–Crippen MR) is 566 cm³/mol. The minimum Gasteiger partial charge on any atom is -0.413 e. The van der Waals surface area contributed by atoms with Gasteiger partial charge in [0, 0.05) is 66.8 Å². The van der Waals surface area contributed by atoms with Crippen LogP contribution in [0.4, 0.5) is 0 Å². The summed E-state index contributed by atoms with van der Waals surface area (Å²) in [5.41, 5.74) is 3.99. The van der Waals surface area contributed by atoms with E-state index < -0.39 is 56.4 Å². The van der Waals surface area contributed by atoms with Gasteiger partial charge in [0.1, 0.15) is 5.78 Å². The van der Waals surface area contributed by atoms with E-state index in [-0.39, 0.29) is 156 Å². The molecule has 17 saturated carbocycles.